The molecule has 3 heteroatoms. The van der Waals surface area contributed by atoms with Gasteiger partial charge in [-0.25, -0.2) is 0 Å². The Morgan fingerprint density at radius 1 is 1.38 bits per heavy atom. The zero-order chi connectivity index (χ0) is 8.89. The third-order valence-corrected chi connectivity index (χ3v) is 5.29. The standard InChI is InChI=1S/C10H12INS/c11-13-12-7-3-8-9(12)2-1-4-10(8)5-6-10/h3,7H,1-2,4-6H2. The number of rotatable bonds is 1. The fraction of sp³-hybridized carbons (Fsp3) is 0.600. The normalized spacial score (nSPS) is 23.2. The summed E-state index contributed by atoms with van der Waals surface area (Å²) < 4.78 is 2.34. The van der Waals surface area contributed by atoms with Crippen LogP contribution in [0.2, 0.25) is 0 Å². The van der Waals surface area contributed by atoms with E-state index in [-0.39, 0.29) is 0 Å². The van der Waals surface area contributed by atoms with Crippen molar-refractivity contribution in [1.82, 2.24) is 3.97 Å². The molecule has 13 heavy (non-hydrogen) atoms. The van der Waals surface area contributed by atoms with Crippen molar-refractivity contribution in [3.8, 4) is 0 Å². The summed E-state index contributed by atoms with van der Waals surface area (Å²) >= 11 is 2.37. The minimum Gasteiger partial charge on any atom is -0.287 e. The molecule has 2 aliphatic carbocycles. The van der Waals surface area contributed by atoms with Crippen LogP contribution < -0.4 is 0 Å². The van der Waals surface area contributed by atoms with Gasteiger partial charge in [-0.2, -0.15) is 0 Å². The second kappa shape index (κ2) is 2.92. The highest BCUT2D eigenvalue weighted by Crippen LogP contribution is 2.55. The number of aromatic nitrogens is 1. The number of halogens is 1. The molecular formula is C10H12INS. The number of hydrogen-bond donors (Lipinski definition) is 0. The van der Waals surface area contributed by atoms with Crippen molar-refractivity contribution in [1.29, 1.82) is 0 Å². The van der Waals surface area contributed by atoms with Crippen LogP contribution >= 0.6 is 30.3 Å². The van der Waals surface area contributed by atoms with Crippen molar-refractivity contribution >= 4 is 30.3 Å². The van der Waals surface area contributed by atoms with Crippen molar-refractivity contribution in [2.45, 2.75) is 37.5 Å². The first-order valence-electron chi connectivity index (χ1n) is 4.85. The monoisotopic (exact) mass is 305 g/mol. The van der Waals surface area contributed by atoms with Crippen LogP contribution in [0.1, 0.15) is 36.9 Å². The lowest BCUT2D eigenvalue weighted by atomic mass is 9.84. The number of fused-ring (bicyclic) bond motifs is 2. The van der Waals surface area contributed by atoms with Gasteiger partial charge in [-0.1, -0.05) is 0 Å². The smallest absolute Gasteiger partial charge is 0.0337 e. The Balaban J connectivity index is 2.11. The summed E-state index contributed by atoms with van der Waals surface area (Å²) in [6.07, 6.45) is 9.25. The van der Waals surface area contributed by atoms with E-state index in [9.17, 15) is 0 Å². The molecule has 1 saturated carbocycles. The molecule has 0 atom stereocenters. The largest absolute Gasteiger partial charge is 0.287 e. The van der Waals surface area contributed by atoms with Crippen LogP contribution in [0, 0.1) is 0 Å². The van der Waals surface area contributed by atoms with Crippen molar-refractivity contribution in [3.05, 3.63) is 23.5 Å². The van der Waals surface area contributed by atoms with Crippen LogP contribution in [0.15, 0.2) is 12.3 Å². The molecule has 0 radical (unpaired) electrons. The summed E-state index contributed by atoms with van der Waals surface area (Å²) in [6.45, 7) is 0. The van der Waals surface area contributed by atoms with E-state index in [1.807, 2.05) is 0 Å². The predicted octanol–water partition coefficient (Wildman–Crippen LogP) is 3.70. The Labute approximate surface area is 95.0 Å². The van der Waals surface area contributed by atoms with Gasteiger partial charge >= 0.3 is 0 Å². The molecule has 1 spiro atoms. The van der Waals surface area contributed by atoms with Gasteiger partial charge in [0.25, 0.3) is 0 Å². The molecule has 0 bridgehead atoms. The number of hydrogen-bond acceptors (Lipinski definition) is 1. The Morgan fingerprint density at radius 2 is 2.23 bits per heavy atom. The van der Waals surface area contributed by atoms with E-state index in [4.69, 9.17) is 0 Å². The molecule has 0 amide bonds. The minimum atomic E-state index is 0.644. The Hall–Kier alpha value is 0.360. The zero-order valence-corrected chi connectivity index (χ0v) is 10.4. The van der Waals surface area contributed by atoms with E-state index in [1.54, 1.807) is 20.4 Å². The topological polar surface area (TPSA) is 4.93 Å². The molecular weight excluding hydrogens is 293 g/mol. The van der Waals surface area contributed by atoms with Gasteiger partial charge in [-0.05, 0) is 49.1 Å². The van der Waals surface area contributed by atoms with Gasteiger partial charge in [-0.3, -0.25) is 3.97 Å². The quantitative estimate of drug-likeness (QED) is 0.716. The first kappa shape index (κ1) is 8.65. The van der Waals surface area contributed by atoms with Crippen LogP contribution in [-0.4, -0.2) is 3.97 Å². The molecule has 0 N–H and O–H groups in total. The fourth-order valence-corrected chi connectivity index (χ4v) is 4.13. The minimum absolute atomic E-state index is 0.644. The summed E-state index contributed by atoms with van der Waals surface area (Å²) in [5.74, 6) is 0. The molecule has 0 unspecified atom stereocenters. The molecule has 70 valence electrons. The molecule has 1 fully saturated rings. The zero-order valence-electron chi connectivity index (χ0n) is 7.42. The Morgan fingerprint density at radius 3 is 2.92 bits per heavy atom. The van der Waals surface area contributed by atoms with Crippen molar-refractivity contribution in [2.75, 3.05) is 0 Å². The van der Waals surface area contributed by atoms with Crippen LogP contribution in [0.5, 0.6) is 0 Å². The maximum Gasteiger partial charge on any atom is 0.0337 e. The summed E-state index contributed by atoms with van der Waals surface area (Å²) in [7, 11) is 1.81. The SMILES string of the molecule is ISn1ccc2c1CCCC21CC1. The van der Waals surface area contributed by atoms with Crippen molar-refractivity contribution in [2.24, 2.45) is 0 Å². The molecule has 1 nitrogen and oxygen atoms in total. The third-order valence-electron chi connectivity index (χ3n) is 3.52. The summed E-state index contributed by atoms with van der Waals surface area (Å²) in [5, 5.41) is 0. The first-order valence-corrected chi connectivity index (χ1v) is 8.17. The molecule has 1 heterocycles. The lowest BCUT2D eigenvalue weighted by molar-refractivity contribution is 0.537. The average molecular weight is 305 g/mol. The molecule has 0 aliphatic heterocycles. The Kier molecular flexibility index (Phi) is 1.95. The maximum absolute atomic E-state index is 2.37. The summed E-state index contributed by atoms with van der Waals surface area (Å²) in [5.41, 5.74) is 3.91. The van der Waals surface area contributed by atoms with Gasteiger partial charge in [-0.15, -0.1) is 0 Å². The van der Waals surface area contributed by atoms with E-state index >= 15 is 0 Å². The number of nitrogens with zero attached hydrogens (tertiary/aromatic N) is 1. The van der Waals surface area contributed by atoms with Crippen LogP contribution in [0.3, 0.4) is 0 Å². The van der Waals surface area contributed by atoms with Crippen LogP contribution in [-0.2, 0) is 11.8 Å². The van der Waals surface area contributed by atoms with E-state index < -0.39 is 0 Å². The molecule has 3 rings (SSSR count). The second-order valence-electron chi connectivity index (χ2n) is 4.20. The second-order valence-corrected chi connectivity index (χ2v) is 5.92. The Bertz CT molecular complexity index is 341. The van der Waals surface area contributed by atoms with Gasteiger partial charge in [0.2, 0.25) is 0 Å². The van der Waals surface area contributed by atoms with Crippen molar-refractivity contribution < 1.29 is 0 Å². The predicted molar refractivity (Wildman–Crippen MR) is 65.3 cm³/mol. The van der Waals surface area contributed by atoms with Crippen LogP contribution in [0.4, 0.5) is 0 Å². The van der Waals surface area contributed by atoms with Gasteiger partial charge in [0.1, 0.15) is 0 Å². The highest BCUT2D eigenvalue weighted by molar-refractivity contribution is 14.2. The van der Waals surface area contributed by atoms with Gasteiger partial charge in [0.05, 0.1) is 0 Å². The molecule has 1 aromatic rings. The van der Waals surface area contributed by atoms with E-state index in [1.165, 1.54) is 32.1 Å². The third kappa shape index (κ3) is 1.19. The highest BCUT2D eigenvalue weighted by atomic mass is 127. The van der Waals surface area contributed by atoms with E-state index in [0.717, 1.165) is 0 Å². The molecule has 0 saturated heterocycles. The van der Waals surface area contributed by atoms with Gasteiger partial charge in [0, 0.05) is 42.2 Å². The first-order chi connectivity index (χ1) is 6.36. The fourth-order valence-electron chi connectivity index (χ4n) is 2.64. The highest BCUT2D eigenvalue weighted by Gasteiger charge is 2.47. The van der Waals surface area contributed by atoms with Gasteiger partial charge < -0.3 is 0 Å². The van der Waals surface area contributed by atoms with Crippen LogP contribution in [0.25, 0.3) is 0 Å². The van der Waals surface area contributed by atoms with E-state index in [0.29, 0.717) is 5.41 Å². The molecule has 2 aliphatic rings. The van der Waals surface area contributed by atoms with E-state index in [2.05, 4.69) is 37.4 Å². The molecule has 0 aromatic carbocycles. The summed E-state index contributed by atoms with van der Waals surface area (Å²) in [4.78, 5) is 0. The lowest BCUT2D eigenvalue weighted by Crippen LogP contribution is -2.15. The van der Waals surface area contributed by atoms with Gasteiger partial charge in [0.15, 0.2) is 0 Å². The summed E-state index contributed by atoms with van der Waals surface area (Å²) in [6, 6.07) is 2.35. The average Bonchev–Trinajstić information content (AvgIpc) is 2.79. The molecule has 1 aromatic heterocycles. The maximum atomic E-state index is 2.37. The van der Waals surface area contributed by atoms with Crippen molar-refractivity contribution in [3.63, 3.8) is 0 Å². The lowest BCUT2D eigenvalue weighted by Gasteiger charge is -2.22.